The van der Waals surface area contributed by atoms with Crippen LogP contribution in [-0.4, -0.2) is 71.9 Å². The number of benzene rings is 3. The van der Waals surface area contributed by atoms with Gasteiger partial charge in [-0.3, -0.25) is 24.5 Å². The molecule has 12 heteroatoms. The largest absolute Gasteiger partial charge is 0.356 e. The zero-order valence-corrected chi connectivity index (χ0v) is 26.2. The Kier molecular flexibility index (Phi) is 9.85. The summed E-state index contributed by atoms with van der Waals surface area (Å²) in [5.41, 5.74) is -0.0316. The van der Waals surface area contributed by atoms with Crippen LogP contribution in [0.2, 0.25) is 0 Å². The molecule has 0 unspecified atom stereocenters. The molecule has 3 aromatic carbocycles. The van der Waals surface area contributed by atoms with Crippen molar-refractivity contribution in [2.45, 2.75) is 63.9 Å². The van der Waals surface area contributed by atoms with Crippen LogP contribution in [0.15, 0.2) is 71.6 Å². The van der Waals surface area contributed by atoms with E-state index in [0.717, 1.165) is 32.8 Å². The smallest absolute Gasteiger partial charge is 0.289 e. The summed E-state index contributed by atoms with van der Waals surface area (Å²) in [6.45, 7) is 6.87. The van der Waals surface area contributed by atoms with Gasteiger partial charge in [-0.1, -0.05) is 75.4 Å². The number of fused-ring (bicyclic) bond motifs is 1. The van der Waals surface area contributed by atoms with Crippen LogP contribution in [0, 0.1) is 15.5 Å². The minimum atomic E-state index is -4.51. The van der Waals surface area contributed by atoms with Gasteiger partial charge in [0.1, 0.15) is 6.04 Å². The number of rotatable bonds is 11. The summed E-state index contributed by atoms with van der Waals surface area (Å²) >= 11 is 0. The summed E-state index contributed by atoms with van der Waals surface area (Å²) in [6.07, 6.45) is 0.387. The van der Waals surface area contributed by atoms with E-state index in [1.807, 2.05) is 63.2 Å². The molecule has 4 rings (SSSR count). The van der Waals surface area contributed by atoms with Gasteiger partial charge in [0.05, 0.1) is 11.0 Å². The molecule has 1 saturated heterocycles. The van der Waals surface area contributed by atoms with E-state index in [0.29, 0.717) is 0 Å². The Morgan fingerprint density at radius 2 is 1.68 bits per heavy atom. The van der Waals surface area contributed by atoms with Gasteiger partial charge in [0.15, 0.2) is 10.7 Å². The molecule has 0 bridgehead atoms. The summed E-state index contributed by atoms with van der Waals surface area (Å²) < 4.78 is 28.7. The third kappa shape index (κ3) is 7.48. The van der Waals surface area contributed by atoms with E-state index in [-0.39, 0.29) is 56.0 Å². The highest BCUT2D eigenvalue weighted by Crippen LogP contribution is 2.31. The number of para-hydroxylation sites is 1. The molecule has 0 radical (unpaired) electrons. The first-order valence-corrected chi connectivity index (χ1v) is 15.9. The van der Waals surface area contributed by atoms with E-state index in [9.17, 15) is 32.9 Å². The molecule has 1 N–H and O–H groups in total. The topological polar surface area (TPSA) is 147 Å². The molecule has 2 amide bonds. The van der Waals surface area contributed by atoms with Gasteiger partial charge in [0.2, 0.25) is 11.8 Å². The van der Waals surface area contributed by atoms with Crippen LogP contribution >= 0.6 is 0 Å². The molecule has 2 atom stereocenters. The van der Waals surface area contributed by atoms with Gasteiger partial charge in [0, 0.05) is 32.1 Å². The maximum Gasteiger partial charge on any atom is 0.289 e. The van der Waals surface area contributed by atoms with Crippen molar-refractivity contribution >= 4 is 44.1 Å². The van der Waals surface area contributed by atoms with Crippen LogP contribution in [0.3, 0.4) is 0 Å². The lowest BCUT2D eigenvalue weighted by Crippen LogP contribution is -2.62. The number of piperazine rings is 1. The quantitative estimate of drug-likeness (QED) is 0.250. The number of Topliss-reactive ketones (excluding diaryl/α,β-unsaturated/α-hetero) is 1. The molecule has 1 aliphatic rings. The second-order valence-electron chi connectivity index (χ2n) is 12.3. The van der Waals surface area contributed by atoms with Crippen LogP contribution in [0.25, 0.3) is 10.8 Å². The summed E-state index contributed by atoms with van der Waals surface area (Å²) in [7, 11) is -4.51. The lowest BCUT2D eigenvalue weighted by Gasteiger charge is -2.42. The van der Waals surface area contributed by atoms with Crippen molar-refractivity contribution in [2.24, 2.45) is 5.41 Å². The number of hydrogen-bond acceptors (Lipinski definition) is 7. The Morgan fingerprint density at radius 3 is 2.34 bits per heavy atom. The Bertz CT molecular complexity index is 1680. The van der Waals surface area contributed by atoms with Gasteiger partial charge >= 0.3 is 0 Å². The Hall–Kier alpha value is -4.16. The Labute approximate surface area is 257 Å². The van der Waals surface area contributed by atoms with Crippen molar-refractivity contribution < 1.29 is 27.7 Å². The van der Waals surface area contributed by atoms with E-state index in [2.05, 4.69) is 5.32 Å². The number of nitrogens with zero attached hydrogens (tertiary/aromatic N) is 3. The standard InChI is InChI=1S/C32H38N4O7S/c1-22(37)28(20-23-13-14-24-9-5-6-10-25(24)19-23)34-17-18-35(44(42,43)29-12-8-7-11-26(29)36(40)41)27(31(34)39)15-16-33-30(38)21-32(2,3)4/h5-14,19,27-28H,15-18,20-21H2,1-4H3,(H,33,38)/t27-,28-/m0/s1. The highest BCUT2D eigenvalue weighted by Gasteiger charge is 2.45. The number of ketones is 1. The van der Waals surface area contributed by atoms with Crippen molar-refractivity contribution in [3.63, 3.8) is 0 Å². The number of nitro benzene ring substituents is 1. The van der Waals surface area contributed by atoms with Gasteiger partial charge in [-0.15, -0.1) is 0 Å². The van der Waals surface area contributed by atoms with E-state index in [4.69, 9.17) is 0 Å². The number of amides is 2. The van der Waals surface area contributed by atoms with Crippen molar-refractivity contribution in [1.29, 1.82) is 0 Å². The van der Waals surface area contributed by atoms with Crippen LogP contribution in [0.4, 0.5) is 5.69 Å². The molecule has 0 aromatic heterocycles. The fraction of sp³-hybridized carbons (Fsp3) is 0.406. The van der Waals surface area contributed by atoms with Gasteiger partial charge < -0.3 is 10.2 Å². The number of nitrogens with one attached hydrogen (secondary N) is 1. The van der Waals surface area contributed by atoms with E-state index in [1.165, 1.54) is 24.0 Å². The fourth-order valence-corrected chi connectivity index (χ4v) is 7.32. The summed E-state index contributed by atoms with van der Waals surface area (Å²) in [4.78, 5) is 51.4. The zero-order chi connectivity index (χ0) is 32.2. The zero-order valence-electron chi connectivity index (χ0n) is 25.4. The van der Waals surface area contributed by atoms with Crippen LogP contribution in [-0.2, 0) is 30.8 Å². The molecular formula is C32H38N4O7S. The fourth-order valence-electron chi connectivity index (χ4n) is 5.56. The normalized spacial score (nSPS) is 17.0. The molecule has 0 spiro atoms. The number of sulfonamides is 1. The monoisotopic (exact) mass is 622 g/mol. The first kappa shape index (κ1) is 32.7. The molecular weight excluding hydrogens is 584 g/mol. The van der Waals surface area contributed by atoms with Crippen LogP contribution in [0.5, 0.6) is 0 Å². The molecule has 0 aliphatic carbocycles. The predicted octanol–water partition coefficient (Wildman–Crippen LogP) is 4.09. The van der Waals surface area contributed by atoms with Gasteiger partial charge in [-0.25, -0.2) is 8.42 Å². The van der Waals surface area contributed by atoms with E-state index < -0.39 is 43.5 Å². The van der Waals surface area contributed by atoms with Crippen molar-refractivity contribution in [3.05, 3.63) is 82.4 Å². The van der Waals surface area contributed by atoms with Crippen molar-refractivity contribution in [1.82, 2.24) is 14.5 Å². The maximum atomic E-state index is 14.1. The number of carbonyl (C=O) groups excluding carboxylic acids is 3. The molecule has 0 saturated carbocycles. The molecule has 234 valence electrons. The molecule has 1 heterocycles. The molecule has 1 fully saturated rings. The highest BCUT2D eigenvalue weighted by atomic mass is 32.2. The van der Waals surface area contributed by atoms with E-state index >= 15 is 0 Å². The van der Waals surface area contributed by atoms with Gasteiger partial charge in [-0.2, -0.15) is 4.31 Å². The Balaban J connectivity index is 1.65. The maximum absolute atomic E-state index is 14.1. The van der Waals surface area contributed by atoms with Gasteiger partial charge in [-0.05, 0) is 47.6 Å². The minimum absolute atomic E-state index is 0.00250. The average molecular weight is 623 g/mol. The number of hydrogen-bond donors (Lipinski definition) is 1. The van der Waals surface area contributed by atoms with E-state index in [1.54, 1.807) is 0 Å². The first-order valence-electron chi connectivity index (χ1n) is 14.5. The SMILES string of the molecule is CC(=O)[C@H](Cc1ccc2ccccc2c1)N1CCN(S(=O)(=O)c2ccccc2[N+](=O)[O-])[C@@H](CCNC(=O)CC(C)(C)C)C1=O. The second-order valence-corrected chi connectivity index (χ2v) is 14.1. The molecule has 3 aromatic rings. The molecule has 1 aliphatic heterocycles. The lowest BCUT2D eigenvalue weighted by atomic mass is 9.92. The highest BCUT2D eigenvalue weighted by molar-refractivity contribution is 7.89. The molecule has 11 nitrogen and oxygen atoms in total. The van der Waals surface area contributed by atoms with Crippen molar-refractivity contribution in [2.75, 3.05) is 19.6 Å². The third-order valence-electron chi connectivity index (χ3n) is 7.64. The predicted molar refractivity (Wildman–Crippen MR) is 166 cm³/mol. The van der Waals surface area contributed by atoms with Crippen molar-refractivity contribution in [3.8, 4) is 0 Å². The summed E-state index contributed by atoms with van der Waals surface area (Å²) in [5, 5.41) is 16.5. The minimum Gasteiger partial charge on any atom is -0.356 e. The van der Waals surface area contributed by atoms with Crippen LogP contribution in [0.1, 0.15) is 46.1 Å². The number of carbonyl (C=O) groups is 3. The summed E-state index contributed by atoms with van der Waals surface area (Å²) in [5.74, 6) is -1.09. The average Bonchev–Trinajstić information content (AvgIpc) is 2.95. The summed E-state index contributed by atoms with van der Waals surface area (Å²) in [6, 6.07) is 16.5. The first-order chi connectivity index (χ1) is 20.7. The van der Waals surface area contributed by atoms with Gasteiger partial charge in [0.25, 0.3) is 15.7 Å². The lowest BCUT2D eigenvalue weighted by molar-refractivity contribution is -0.387. The second kappa shape index (κ2) is 13.2. The third-order valence-corrected chi connectivity index (χ3v) is 9.60. The van der Waals surface area contributed by atoms with Crippen LogP contribution < -0.4 is 5.32 Å². The molecule has 44 heavy (non-hydrogen) atoms. The number of nitro groups is 1. The Morgan fingerprint density at radius 1 is 1.02 bits per heavy atom.